The molecule has 1 saturated heterocycles. The summed E-state index contributed by atoms with van der Waals surface area (Å²) in [5, 5.41) is 0. The van der Waals surface area contributed by atoms with Crippen LogP contribution >= 0.6 is 0 Å². The second-order valence-electron chi connectivity index (χ2n) is 9.65. The largest absolute Gasteiger partial charge is 0.379 e. The van der Waals surface area contributed by atoms with Crippen molar-refractivity contribution < 1.29 is 19.0 Å². The normalized spacial score (nSPS) is 26.5. The molecule has 1 heterocycles. The maximum atomic E-state index is 11.2. The third-order valence-corrected chi connectivity index (χ3v) is 6.02. The highest BCUT2D eigenvalue weighted by Gasteiger charge is 2.30. The van der Waals surface area contributed by atoms with Gasteiger partial charge in [-0.3, -0.25) is 4.79 Å². The van der Waals surface area contributed by atoms with Crippen LogP contribution < -0.4 is 5.73 Å². The molecular formula is C25H45NO4. The summed E-state index contributed by atoms with van der Waals surface area (Å²) in [6, 6.07) is 0. The van der Waals surface area contributed by atoms with Gasteiger partial charge in [-0.05, 0) is 70.8 Å². The number of primary amides is 1. The number of allylic oxidation sites excluding steroid dienone is 3. The third kappa shape index (κ3) is 9.32. The van der Waals surface area contributed by atoms with Gasteiger partial charge in [0.1, 0.15) is 0 Å². The molecule has 1 amide bonds. The molecule has 6 atom stereocenters. The van der Waals surface area contributed by atoms with E-state index in [1.807, 2.05) is 0 Å². The molecule has 0 aromatic rings. The molecule has 5 heteroatoms. The number of hydrogen-bond acceptors (Lipinski definition) is 4. The molecule has 2 N–H and O–H groups in total. The third-order valence-electron chi connectivity index (χ3n) is 6.02. The Hall–Kier alpha value is -1.17. The van der Waals surface area contributed by atoms with Crippen LogP contribution in [0.5, 0.6) is 0 Å². The highest BCUT2D eigenvalue weighted by atomic mass is 16.5. The van der Waals surface area contributed by atoms with Gasteiger partial charge in [-0.15, -0.1) is 0 Å². The first-order valence-corrected chi connectivity index (χ1v) is 11.5. The average Bonchev–Trinajstić information content (AvgIpc) is 2.62. The summed E-state index contributed by atoms with van der Waals surface area (Å²) < 4.78 is 18.0. The summed E-state index contributed by atoms with van der Waals surface area (Å²) in [4.78, 5) is 11.2. The number of rotatable bonds is 12. The number of nitrogens with two attached hydrogens (primary N) is 1. The van der Waals surface area contributed by atoms with Crippen molar-refractivity contribution in [1.29, 1.82) is 0 Å². The first kappa shape index (κ1) is 26.9. The highest BCUT2D eigenvalue weighted by molar-refractivity contribution is 5.74. The molecule has 1 fully saturated rings. The Morgan fingerprint density at radius 3 is 2.53 bits per heavy atom. The second kappa shape index (κ2) is 12.6. The van der Waals surface area contributed by atoms with Crippen molar-refractivity contribution in [2.24, 2.45) is 17.6 Å². The molecule has 1 rings (SSSR count). The summed E-state index contributed by atoms with van der Waals surface area (Å²) in [6.45, 7) is 15.0. The van der Waals surface area contributed by atoms with E-state index in [0.29, 0.717) is 18.3 Å². The van der Waals surface area contributed by atoms with Gasteiger partial charge >= 0.3 is 0 Å². The van der Waals surface area contributed by atoms with Gasteiger partial charge in [-0.1, -0.05) is 39.0 Å². The van der Waals surface area contributed by atoms with Crippen LogP contribution in [0.25, 0.3) is 0 Å². The van der Waals surface area contributed by atoms with Crippen molar-refractivity contribution in [3.63, 3.8) is 0 Å². The molecule has 0 aromatic carbocycles. The van der Waals surface area contributed by atoms with E-state index in [0.717, 1.165) is 25.7 Å². The predicted molar refractivity (Wildman–Crippen MR) is 123 cm³/mol. The lowest BCUT2D eigenvalue weighted by atomic mass is 9.88. The van der Waals surface area contributed by atoms with E-state index in [1.54, 1.807) is 7.11 Å². The molecule has 0 bridgehead atoms. The summed E-state index contributed by atoms with van der Waals surface area (Å²) in [5.41, 5.74) is 6.31. The summed E-state index contributed by atoms with van der Waals surface area (Å²) >= 11 is 0. The Bertz CT molecular complexity index is 580. The molecular weight excluding hydrogens is 378 g/mol. The fourth-order valence-corrected chi connectivity index (χ4v) is 4.59. The molecule has 0 unspecified atom stereocenters. The van der Waals surface area contributed by atoms with Gasteiger partial charge in [0.2, 0.25) is 5.91 Å². The SMILES string of the molecule is CC[C@H](OC)[C@@H](C)OC(C)(C)C[C@H](C)/C=C/C=C(\C)[C@H]1O[C@@H](CC(N)=O)CC[C@@H]1C. The molecule has 0 saturated carbocycles. The zero-order valence-electron chi connectivity index (χ0n) is 20.4. The number of amides is 1. The van der Waals surface area contributed by atoms with E-state index in [1.165, 1.54) is 5.57 Å². The number of carbonyl (C=O) groups excluding carboxylic acids is 1. The monoisotopic (exact) mass is 423 g/mol. The zero-order valence-corrected chi connectivity index (χ0v) is 20.4. The summed E-state index contributed by atoms with van der Waals surface area (Å²) in [5.74, 6) is 0.530. The fraction of sp³-hybridized carbons (Fsp3) is 0.800. The molecule has 30 heavy (non-hydrogen) atoms. The maximum absolute atomic E-state index is 11.2. The van der Waals surface area contributed by atoms with Crippen molar-refractivity contribution in [2.45, 2.75) is 111 Å². The minimum atomic E-state index is -0.293. The number of carbonyl (C=O) groups is 1. The maximum Gasteiger partial charge on any atom is 0.220 e. The molecule has 1 aliphatic rings. The smallest absolute Gasteiger partial charge is 0.220 e. The minimum Gasteiger partial charge on any atom is -0.379 e. The van der Waals surface area contributed by atoms with Crippen molar-refractivity contribution in [3.8, 4) is 0 Å². The lowest BCUT2D eigenvalue weighted by molar-refractivity contribution is -0.126. The molecule has 0 spiro atoms. The van der Waals surface area contributed by atoms with Gasteiger partial charge in [0.15, 0.2) is 0 Å². The van der Waals surface area contributed by atoms with E-state index < -0.39 is 0 Å². The van der Waals surface area contributed by atoms with Crippen LogP contribution in [0.15, 0.2) is 23.8 Å². The van der Waals surface area contributed by atoms with Crippen LogP contribution in [0.1, 0.15) is 80.6 Å². The summed E-state index contributed by atoms with van der Waals surface area (Å²) in [6.07, 6.45) is 10.8. The molecule has 1 aliphatic heterocycles. The fourth-order valence-electron chi connectivity index (χ4n) is 4.59. The first-order valence-electron chi connectivity index (χ1n) is 11.5. The molecule has 174 valence electrons. The Balaban J connectivity index is 2.63. The van der Waals surface area contributed by atoms with E-state index in [2.05, 4.69) is 66.7 Å². The van der Waals surface area contributed by atoms with Crippen molar-refractivity contribution in [3.05, 3.63) is 23.8 Å². The topological polar surface area (TPSA) is 70.8 Å². The number of methoxy groups -OCH3 is 1. The van der Waals surface area contributed by atoms with Crippen LogP contribution in [0.4, 0.5) is 0 Å². The lowest BCUT2D eigenvalue weighted by Crippen LogP contribution is -2.37. The first-order chi connectivity index (χ1) is 14.0. The van der Waals surface area contributed by atoms with E-state index >= 15 is 0 Å². The Kier molecular flexibility index (Phi) is 11.3. The van der Waals surface area contributed by atoms with Crippen LogP contribution in [0.3, 0.4) is 0 Å². The van der Waals surface area contributed by atoms with Crippen molar-refractivity contribution in [2.75, 3.05) is 7.11 Å². The van der Waals surface area contributed by atoms with Gasteiger partial charge in [-0.25, -0.2) is 0 Å². The van der Waals surface area contributed by atoms with E-state index in [9.17, 15) is 4.79 Å². The van der Waals surface area contributed by atoms with Crippen molar-refractivity contribution in [1.82, 2.24) is 0 Å². The van der Waals surface area contributed by atoms with Gasteiger partial charge < -0.3 is 19.9 Å². The van der Waals surface area contributed by atoms with Crippen LogP contribution in [0, 0.1) is 11.8 Å². The van der Waals surface area contributed by atoms with Gasteiger partial charge in [0, 0.05) is 7.11 Å². The molecule has 0 radical (unpaired) electrons. The highest BCUT2D eigenvalue weighted by Crippen LogP contribution is 2.30. The average molecular weight is 424 g/mol. The van der Waals surface area contributed by atoms with Gasteiger partial charge in [-0.2, -0.15) is 0 Å². The van der Waals surface area contributed by atoms with Crippen molar-refractivity contribution >= 4 is 5.91 Å². The number of ether oxygens (including phenoxy) is 3. The standard InChI is InChI=1S/C25H45NO4/c1-9-22(28-8)20(5)30-25(6,7)16-17(2)11-10-12-18(3)24-19(4)13-14-21(29-24)15-23(26)27/h10-12,17,19-22,24H,9,13-16H2,1-8H3,(H2,26,27)/b11-10+,18-12+/t17-,19+,20-,21-,22+,24-/m1/s1. The minimum absolute atomic E-state index is 0.0451. The van der Waals surface area contributed by atoms with Crippen LogP contribution in [-0.2, 0) is 19.0 Å². The lowest BCUT2D eigenvalue weighted by Gasteiger charge is -2.35. The Morgan fingerprint density at radius 2 is 1.97 bits per heavy atom. The van der Waals surface area contributed by atoms with Crippen LogP contribution in [-0.4, -0.2) is 43.0 Å². The Labute approximate surface area is 184 Å². The molecule has 5 nitrogen and oxygen atoms in total. The second-order valence-corrected chi connectivity index (χ2v) is 9.65. The molecule has 0 aliphatic carbocycles. The number of hydrogen-bond donors (Lipinski definition) is 1. The van der Waals surface area contributed by atoms with Gasteiger partial charge in [0.05, 0.1) is 36.4 Å². The van der Waals surface area contributed by atoms with E-state index in [-0.39, 0.29) is 35.9 Å². The summed E-state index contributed by atoms with van der Waals surface area (Å²) in [7, 11) is 1.74. The Morgan fingerprint density at radius 1 is 1.30 bits per heavy atom. The predicted octanol–water partition coefficient (Wildman–Crippen LogP) is 5.18. The van der Waals surface area contributed by atoms with Gasteiger partial charge in [0.25, 0.3) is 0 Å². The van der Waals surface area contributed by atoms with Crippen LogP contribution in [0.2, 0.25) is 0 Å². The molecule has 0 aromatic heterocycles. The van der Waals surface area contributed by atoms with E-state index in [4.69, 9.17) is 19.9 Å². The zero-order chi connectivity index (χ0) is 22.9. The quantitative estimate of drug-likeness (QED) is 0.439.